The van der Waals surface area contributed by atoms with E-state index < -0.39 is 0 Å². The van der Waals surface area contributed by atoms with Gasteiger partial charge in [0.15, 0.2) is 0 Å². The van der Waals surface area contributed by atoms with Gasteiger partial charge in [0.25, 0.3) is 5.91 Å². The number of halogens is 1. The zero-order chi connectivity index (χ0) is 22.1. The molecule has 3 rings (SSSR count). The molecule has 2 fully saturated rings. The Bertz CT molecular complexity index is 766. The van der Waals surface area contributed by atoms with Crippen molar-refractivity contribution >= 4 is 19.0 Å². The molecule has 2 atom stereocenters. The SMILES string of the molecule is COC(=O)[C@@H]1CN(C(=O)c2ccc(F)cc2)C[C@@H]1CCCB1OC(C)(C)C(C)(C)O1. The summed E-state index contributed by atoms with van der Waals surface area (Å²) in [7, 11) is 1.10. The largest absolute Gasteiger partial charge is 0.469 e. The molecule has 0 aromatic heterocycles. The molecule has 8 heteroatoms. The minimum absolute atomic E-state index is 0.00396. The number of hydrogen-bond acceptors (Lipinski definition) is 5. The molecule has 30 heavy (non-hydrogen) atoms. The predicted molar refractivity (Wildman–Crippen MR) is 111 cm³/mol. The van der Waals surface area contributed by atoms with Gasteiger partial charge in [-0.25, -0.2) is 4.39 Å². The molecule has 0 N–H and O–H groups in total. The van der Waals surface area contributed by atoms with Gasteiger partial charge in [0.05, 0.1) is 24.2 Å². The monoisotopic (exact) mass is 419 g/mol. The summed E-state index contributed by atoms with van der Waals surface area (Å²) in [6.07, 6.45) is 2.30. The molecule has 2 saturated heterocycles. The summed E-state index contributed by atoms with van der Waals surface area (Å²) in [5, 5.41) is 0. The molecule has 1 aromatic rings. The maximum atomic E-state index is 13.2. The molecule has 0 spiro atoms. The van der Waals surface area contributed by atoms with E-state index in [0.717, 1.165) is 19.2 Å². The minimum Gasteiger partial charge on any atom is -0.469 e. The molecule has 0 bridgehead atoms. The summed E-state index contributed by atoms with van der Waals surface area (Å²) in [6, 6.07) is 5.47. The van der Waals surface area contributed by atoms with E-state index in [0.29, 0.717) is 18.7 Å². The highest BCUT2D eigenvalue weighted by atomic mass is 19.1. The Morgan fingerprint density at radius 1 is 1.13 bits per heavy atom. The Labute approximate surface area is 178 Å². The van der Waals surface area contributed by atoms with Crippen molar-refractivity contribution in [1.29, 1.82) is 0 Å². The number of carbonyl (C=O) groups excluding carboxylic acids is 2. The molecular weight excluding hydrogens is 388 g/mol. The number of carbonyl (C=O) groups is 2. The zero-order valence-corrected chi connectivity index (χ0v) is 18.4. The normalized spacial score (nSPS) is 24.9. The van der Waals surface area contributed by atoms with Gasteiger partial charge in [0, 0.05) is 18.7 Å². The first-order valence-electron chi connectivity index (χ1n) is 10.5. The smallest absolute Gasteiger partial charge is 0.457 e. The Balaban J connectivity index is 1.59. The molecule has 2 heterocycles. The minimum atomic E-state index is -0.388. The fraction of sp³-hybridized carbons (Fsp3) is 0.636. The molecule has 0 unspecified atom stereocenters. The second-order valence-corrected chi connectivity index (χ2v) is 9.22. The van der Waals surface area contributed by atoms with Gasteiger partial charge in [0.1, 0.15) is 5.82 Å². The quantitative estimate of drug-likeness (QED) is 0.521. The fourth-order valence-corrected chi connectivity index (χ4v) is 4.15. The lowest BCUT2D eigenvalue weighted by atomic mass is 9.79. The number of likely N-dealkylation sites (tertiary alicyclic amines) is 1. The summed E-state index contributed by atoms with van der Waals surface area (Å²) >= 11 is 0. The van der Waals surface area contributed by atoms with Crippen LogP contribution in [-0.4, -0.2) is 55.3 Å². The third kappa shape index (κ3) is 4.70. The standard InChI is InChI=1S/C22H31BFNO5/c1-21(2)22(3,4)30-23(29-21)12-6-7-16-13-25(14-18(16)20(27)28-5)19(26)15-8-10-17(24)11-9-15/h8-11,16,18H,6-7,12-14H2,1-5H3/t16-,18+/m0/s1. The second kappa shape index (κ2) is 8.67. The van der Waals surface area contributed by atoms with Gasteiger partial charge in [0.2, 0.25) is 0 Å². The van der Waals surface area contributed by atoms with Crippen LogP contribution in [0.5, 0.6) is 0 Å². The van der Waals surface area contributed by atoms with Crippen molar-refractivity contribution in [2.45, 2.75) is 58.1 Å². The van der Waals surface area contributed by atoms with Crippen LogP contribution in [0.2, 0.25) is 6.32 Å². The van der Waals surface area contributed by atoms with Crippen LogP contribution >= 0.6 is 0 Å². The molecule has 0 aliphatic carbocycles. The fourth-order valence-electron chi connectivity index (χ4n) is 4.15. The van der Waals surface area contributed by atoms with E-state index >= 15 is 0 Å². The molecule has 164 valence electrons. The number of methoxy groups -OCH3 is 1. The van der Waals surface area contributed by atoms with Crippen LogP contribution in [0.3, 0.4) is 0 Å². The van der Waals surface area contributed by atoms with Crippen molar-refractivity contribution < 1.29 is 28.0 Å². The van der Waals surface area contributed by atoms with Gasteiger partial charge in [-0.15, -0.1) is 0 Å². The highest BCUT2D eigenvalue weighted by Gasteiger charge is 2.50. The van der Waals surface area contributed by atoms with Crippen LogP contribution in [0.25, 0.3) is 0 Å². The lowest BCUT2D eigenvalue weighted by Gasteiger charge is -2.32. The van der Waals surface area contributed by atoms with E-state index in [1.165, 1.54) is 31.4 Å². The number of nitrogens with zero attached hydrogens (tertiary/aromatic N) is 1. The van der Waals surface area contributed by atoms with Gasteiger partial charge in [-0.3, -0.25) is 9.59 Å². The highest BCUT2D eigenvalue weighted by Crippen LogP contribution is 2.39. The van der Waals surface area contributed by atoms with Crippen LogP contribution in [0.1, 0.15) is 50.9 Å². The van der Waals surface area contributed by atoms with E-state index in [-0.39, 0.29) is 47.9 Å². The van der Waals surface area contributed by atoms with Crippen LogP contribution in [0.4, 0.5) is 4.39 Å². The summed E-state index contributed by atoms with van der Waals surface area (Å²) in [6.45, 7) is 8.88. The van der Waals surface area contributed by atoms with Gasteiger partial charge in [-0.1, -0.05) is 6.42 Å². The van der Waals surface area contributed by atoms with Crippen molar-refractivity contribution in [3.8, 4) is 0 Å². The van der Waals surface area contributed by atoms with E-state index in [1.807, 2.05) is 27.7 Å². The van der Waals surface area contributed by atoms with Crippen molar-refractivity contribution in [3.63, 3.8) is 0 Å². The average Bonchev–Trinajstić information content (AvgIpc) is 3.19. The summed E-state index contributed by atoms with van der Waals surface area (Å²) in [5.74, 6) is -1.25. The van der Waals surface area contributed by atoms with Crippen molar-refractivity contribution in [3.05, 3.63) is 35.6 Å². The van der Waals surface area contributed by atoms with Crippen LogP contribution < -0.4 is 0 Å². The van der Waals surface area contributed by atoms with E-state index in [1.54, 1.807) is 4.90 Å². The van der Waals surface area contributed by atoms with E-state index in [9.17, 15) is 14.0 Å². The predicted octanol–water partition coefficient (Wildman–Crippen LogP) is 3.56. The van der Waals surface area contributed by atoms with Crippen molar-refractivity contribution in [2.75, 3.05) is 20.2 Å². The van der Waals surface area contributed by atoms with Gasteiger partial charge < -0.3 is 18.9 Å². The van der Waals surface area contributed by atoms with E-state index in [2.05, 4.69) is 0 Å². The van der Waals surface area contributed by atoms with Crippen LogP contribution in [-0.2, 0) is 18.8 Å². The number of ether oxygens (including phenoxy) is 1. The number of esters is 1. The van der Waals surface area contributed by atoms with Gasteiger partial charge in [-0.2, -0.15) is 0 Å². The Morgan fingerprint density at radius 3 is 2.30 bits per heavy atom. The lowest BCUT2D eigenvalue weighted by Crippen LogP contribution is -2.41. The first kappa shape index (κ1) is 22.8. The third-order valence-corrected chi connectivity index (χ3v) is 6.64. The molecule has 6 nitrogen and oxygen atoms in total. The Kier molecular flexibility index (Phi) is 6.58. The highest BCUT2D eigenvalue weighted by molar-refractivity contribution is 6.45. The van der Waals surface area contributed by atoms with Crippen molar-refractivity contribution in [1.82, 2.24) is 4.90 Å². The second-order valence-electron chi connectivity index (χ2n) is 9.22. The Morgan fingerprint density at radius 2 is 1.73 bits per heavy atom. The summed E-state index contributed by atoms with van der Waals surface area (Å²) < 4.78 is 30.2. The molecule has 2 aliphatic rings. The van der Waals surface area contributed by atoms with Crippen LogP contribution in [0.15, 0.2) is 24.3 Å². The van der Waals surface area contributed by atoms with Crippen molar-refractivity contribution in [2.24, 2.45) is 11.8 Å². The van der Waals surface area contributed by atoms with Gasteiger partial charge >= 0.3 is 13.1 Å². The first-order valence-corrected chi connectivity index (χ1v) is 10.5. The summed E-state index contributed by atoms with van der Waals surface area (Å²) in [4.78, 5) is 26.8. The zero-order valence-electron chi connectivity index (χ0n) is 18.4. The average molecular weight is 419 g/mol. The molecule has 1 amide bonds. The third-order valence-electron chi connectivity index (χ3n) is 6.64. The molecule has 2 aliphatic heterocycles. The Hall–Kier alpha value is -1.93. The number of hydrogen-bond donors (Lipinski definition) is 0. The maximum absolute atomic E-state index is 13.2. The molecule has 1 aromatic carbocycles. The molecule has 0 saturated carbocycles. The number of benzene rings is 1. The summed E-state index contributed by atoms with van der Waals surface area (Å²) in [5.41, 5.74) is -0.312. The van der Waals surface area contributed by atoms with Crippen LogP contribution in [0, 0.1) is 17.7 Å². The number of amides is 1. The first-order chi connectivity index (χ1) is 14.0. The van der Waals surface area contributed by atoms with Gasteiger partial charge in [-0.05, 0) is 70.6 Å². The lowest BCUT2D eigenvalue weighted by molar-refractivity contribution is -0.146. The maximum Gasteiger partial charge on any atom is 0.457 e. The van der Waals surface area contributed by atoms with E-state index in [4.69, 9.17) is 14.0 Å². The molecular formula is C22H31BFNO5. The molecule has 0 radical (unpaired) electrons. The topological polar surface area (TPSA) is 65.1 Å². The number of rotatable bonds is 6.